The van der Waals surface area contributed by atoms with Crippen molar-refractivity contribution in [1.82, 2.24) is 8.87 Å². The summed E-state index contributed by atoms with van der Waals surface area (Å²) >= 11 is 0. The molecule has 0 bridgehead atoms. The summed E-state index contributed by atoms with van der Waals surface area (Å²) in [5.74, 6) is 1.26. The van der Waals surface area contributed by atoms with Crippen molar-refractivity contribution in [3.05, 3.63) is 46.4 Å². The highest BCUT2D eigenvalue weighted by atomic mass is 32.2. The summed E-state index contributed by atoms with van der Waals surface area (Å²) in [6.07, 6.45) is -0.300. The molecule has 0 saturated carbocycles. The molecule has 9 heteroatoms. The predicted octanol–water partition coefficient (Wildman–Crippen LogP) is 1.16. The van der Waals surface area contributed by atoms with Crippen LogP contribution in [0.1, 0.15) is 5.69 Å². The first-order valence-corrected chi connectivity index (χ1v) is 9.76. The Morgan fingerprint density at radius 3 is 2.30 bits per heavy atom. The molecule has 1 aliphatic heterocycles. The number of benzene rings is 1. The molecule has 8 nitrogen and oxygen atoms in total. The van der Waals surface area contributed by atoms with Crippen LogP contribution in [0.2, 0.25) is 0 Å². The molecule has 2 aromatic rings. The van der Waals surface area contributed by atoms with Crippen molar-refractivity contribution in [3.63, 3.8) is 0 Å². The third-order valence-corrected chi connectivity index (χ3v) is 6.41. The summed E-state index contributed by atoms with van der Waals surface area (Å²) in [6.45, 7) is 2.23. The summed E-state index contributed by atoms with van der Waals surface area (Å²) in [4.78, 5) is 12.0. The number of pyridine rings is 1. The van der Waals surface area contributed by atoms with Crippen molar-refractivity contribution < 1.29 is 22.6 Å². The fourth-order valence-electron chi connectivity index (χ4n) is 2.79. The van der Waals surface area contributed by atoms with E-state index in [1.165, 1.54) is 41.3 Å². The van der Waals surface area contributed by atoms with Crippen LogP contribution in [-0.2, 0) is 17.1 Å². The van der Waals surface area contributed by atoms with Gasteiger partial charge in [0.25, 0.3) is 5.56 Å². The molecule has 1 aromatic carbocycles. The molecule has 0 unspecified atom stereocenters. The molecular weight excluding hydrogens is 372 g/mol. The monoisotopic (exact) mass is 394 g/mol. The average Bonchev–Trinajstić information content (AvgIpc) is 2.61. The number of aromatic nitrogens is 1. The first kappa shape index (κ1) is 19.2. The standard InChI is InChI=1S/C18H22N2O6S/c1-12-7-13(8-18(21)19(12)2)26-14-10-20(11-14)27(22,23)15-5-6-16(24-3)17(9-15)25-4/h5-9,14H,10-11H2,1-4H3. The van der Waals surface area contributed by atoms with E-state index in [1.807, 2.05) is 6.92 Å². The topological polar surface area (TPSA) is 87.1 Å². The van der Waals surface area contributed by atoms with E-state index in [0.717, 1.165) is 5.69 Å². The minimum absolute atomic E-state index is 0.128. The Morgan fingerprint density at radius 1 is 1.04 bits per heavy atom. The molecule has 0 amide bonds. The Balaban J connectivity index is 1.70. The molecule has 0 aliphatic carbocycles. The maximum Gasteiger partial charge on any atom is 0.254 e. The highest BCUT2D eigenvalue weighted by Crippen LogP contribution is 2.32. The second-order valence-electron chi connectivity index (χ2n) is 6.31. The van der Waals surface area contributed by atoms with E-state index in [0.29, 0.717) is 17.2 Å². The number of sulfonamides is 1. The van der Waals surface area contributed by atoms with E-state index in [2.05, 4.69) is 0 Å². The molecule has 0 radical (unpaired) electrons. The maximum absolute atomic E-state index is 12.8. The number of rotatable bonds is 6. The minimum Gasteiger partial charge on any atom is -0.493 e. The molecule has 146 valence electrons. The zero-order valence-electron chi connectivity index (χ0n) is 15.6. The van der Waals surface area contributed by atoms with Crippen LogP contribution < -0.4 is 19.8 Å². The van der Waals surface area contributed by atoms with Crippen molar-refractivity contribution in [2.24, 2.45) is 7.05 Å². The van der Waals surface area contributed by atoms with Gasteiger partial charge < -0.3 is 18.8 Å². The van der Waals surface area contributed by atoms with Crippen LogP contribution in [0.3, 0.4) is 0 Å². The van der Waals surface area contributed by atoms with Crippen LogP contribution in [0, 0.1) is 6.92 Å². The molecular formula is C18H22N2O6S. The Labute approximate surface area is 157 Å². The van der Waals surface area contributed by atoms with Gasteiger partial charge in [0.2, 0.25) is 10.0 Å². The van der Waals surface area contributed by atoms with Crippen LogP contribution in [0.5, 0.6) is 17.2 Å². The first-order chi connectivity index (χ1) is 12.8. The zero-order chi connectivity index (χ0) is 19.8. The van der Waals surface area contributed by atoms with Crippen LogP contribution in [0.15, 0.2) is 40.0 Å². The van der Waals surface area contributed by atoms with E-state index >= 15 is 0 Å². The molecule has 0 N–H and O–H groups in total. The van der Waals surface area contributed by atoms with Crippen molar-refractivity contribution >= 4 is 10.0 Å². The number of aryl methyl sites for hydroxylation is 1. The molecule has 1 saturated heterocycles. The van der Waals surface area contributed by atoms with Crippen molar-refractivity contribution in [2.45, 2.75) is 17.9 Å². The Kier molecular flexibility index (Phi) is 5.16. The maximum atomic E-state index is 12.8. The van der Waals surface area contributed by atoms with E-state index in [1.54, 1.807) is 19.2 Å². The number of nitrogens with zero attached hydrogens (tertiary/aromatic N) is 2. The molecule has 27 heavy (non-hydrogen) atoms. The number of ether oxygens (including phenoxy) is 3. The lowest BCUT2D eigenvalue weighted by atomic mass is 10.2. The van der Waals surface area contributed by atoms with Crippen LogP contribution >= 0.6 is 0 Å². The van der Waals surface area contributed by atoms with Crippen LogP contribution in [0.4, 0.5) is 0 Å². The highest BCUT2D eigenvalue weighted by Gasteiger charge is 2.38. The van der Waals surface area contributed by atoms with Gasteiger partial charge in [-0.25, -0.2) is 8.42 Å². The second-order valence-corrected chi connectivity index (χ2v) is 8.25. The number of methoxy groups -OCH3 is 2. The van der Waals surface area contributed by atoms with E-state index in [-0.39, 0.29) is 29.6 Å². The average molecular weight is 394 g/mol. The summed E-state index contributed by atoms with van der Waals surface area (Å²) in [6, 6.07) is 7.63. The summed E-state index contributed by atoms with van der Waals surface area (Å²) in [5.41, 5.74) is 0.603. The molecule has 3 rings (SSSR count). The van der Waals surface area contributed by atoms with Gasteiger partial charge in [-0.1, -0.05) is 0 Å². The Hall–Kier alpha value is -2.52. The molecule has 2 heterocycles. The summed E-state index contributed by atoms with van der Waals surface area (Å²) in [5, 5.41) is 0. The molecule has 1 aromatic heterocycles. The Morgan fingerprint density at radius 2 is 1.70 bits per heavy atom. The van der Waals surface area contributed by atoms with E-state index < -0.39 is 10.0 Å². The van der Waals surface area contributed by atoms with Crippen molar-refractivity contribution in [2.75, 3.05) is 27.3 Å². The van der Waals surface area contributed by atoms with Gasteiger partial charge in [0.1, 0.15) is 11.9 Å². The van der Waals surface area contributed by atoms with Gasteiger partial charge in [0, 0.05) is 24.9 Å². The van der Waals surface area contributed by atoms with Crippen LogP contribution in [-0.4, -0.2) is 50.7 Å². The third-order valence-electron chi connectivity index (χ3n) is 4.59. The van der Waals surface area contributed by atoms with E-state index in [4.69, 9.17) is 14.2 Å². The SMILES string of the molecule is COc1ccc(S(=O)(=O)N2CC(Oc3cc(C)n(C)c(=O)c3)C2)cc1OC. The summed E-state index contributed by atoms with van der Waals surface area (Å²) in [7, 11) is 0.967. The van der Waals surface area contributed by atoms with Gasteiger partial charge in [0.05, 0.1) is 32.2 Å². The zero-order valence-corrected chi connectivity index (χ0v) is 16.4. The fourth-order valence-corrected chi connectivity index (χ4v) is 4.31. The van der Waals surface area contributed by atoms with Gasteiger partial charge in [-0.15, -0.1) is 0 Å². The Bertz CT molecular complexity index is 1010. The number of hydrogen-bond acceptors (Lipinski definition) is 6. The molecule has 1 aliphatic rings. The second kappa shape index (κ2) is 7.24. The lowest BCUT2D eigenvalue weighted by Crippen LogP contribution is -2.56. The molecule has 1 fully saturated rings. The minimum atomic E-state index is -3.66. The highest BCUT2D eigenvalue weighted by molar-refractivity contribution is 7.89. The van der Waals surface area contributed by atoms with Crippen molar-refractivity contribution in [3.8, 4) is 17.2 Å². The van der Waals surface area contributed by atoms with Gasteiger partial charge in [-0.05, 0) is 25.1 Å². The normalized spacial score (nSPS) is 15.3. The van der Waals surface area contributed by atoms with Gasteiger partial charge in [-0.2, -0.15) is 4.31 Å². The van der Waals surface area contributed by atoms with Gasteiger partial charge in [0.15, 0.2) is 11.5 Å². The smallest absolute Gasteiger partial charge is 0.254 e. The summed E-state index contributed by atoms with van der Waals surface area (Å²) < 4.78 is 44.4. The number of hydrogen-bond donors (Lipinski definition) is 0. The third kappa shape index (κ3) is 3.65. The lowest BCUT2D eigenvalue weighted by Gasteiger charge is -2.37. The largest absolute Gasteiger partial charge is 0.493 e. The van der Waals surface area contributed by atoms with Crippen molar-refractivity contribution in [1.29, 1.82) is 0 Å². The molecule has 0 atom stereocenters. The van der Waals surface area contributed by atoms with Gasteiger partial charge in [-0.3, -0.25) is 4.79 Å². The van der Waals surface area contributed by atoms with E-state index in [9.17, 15) is 13.2 Å². The first-order valence-electron chi connectivity index (χ1n) is 8.32. The lowest BCUT2D eigenvalue weighted by molar-refractivity contribution is 0.0759. The fraction of sp³-hybridized carbons (Fsp3) is 0.389. The molecule has 0 spiro atoms. The quantitative estimate of drug-likeness (QED) is 0.731. The van der Waals surface area contributed by atoms with Crippen LogP contribution in [0.25, 0.3) is 0 Å². The predicted molar refractivity (Wildman–Crippen MR) is 99.1 cm³/mol. The van der Waals surface area contributed by atoms with Gasteiger partial charge >= 0.3 is 0 Å².